The van der Waals surface area contributed by atoms with Gasteiger partial charge in [-0.25, -0.2) is 0 Å². The van der Waals surface area contributed by atoms with E-state index in [2.05, 4.69) is 10.4 Å². The van der Waals surface area contributed by atoms with E-state index in [-0.39, 0.29) is 17.6 Å². The van der Waals surface area contributed by atoms with Gasteiger partial charge in [0.05, 0.1) is 10.8 Å². The summed E-state index contributed by atoms with van der Waals surface area (Å²) in [6.07, 6.45) is 4.88. The molecular weight excluding hydrogens is 296 g/mol. The fourth-order valence-corrected chi connectivity index (χ4v) is 1.61. The summed E-state index contributed by atoms with van der Waals surface area (Å²) in [6, 6.07) is 0. The summed E-state index contributed by atoms with van der Waals surface area (Å²) in [4.78, 5) is 21.4. The van der Waals surface area contributed by atoms with Crippen LogP contribution in [-0.4, -0.2) is 23.2 Å². The van der Waals surface area contributed by atoms with Gasteiger partial charge in [-0.05, 0) is 60.8 Å². The fourth-order valence-electron chi connectivity index (χ4n) is 1.61. The first kappa shape index (κ1) is 21.8. The number of nitrogens with zero attached hydrogens (tertiary/aromatic N) is 2. The normalized spacial score (nSPS) is 14.0. The Balaban J connectivity index is 3.65. The van der Waals surface area contributed by atoms with Crippen LogP contribution in [0.5, 0.6) is 0 Å². The van der Waals surface area contributed by atoms with Crippen molar-refractivity contribution in [3.05, 3.63) is 0 Å². The van der Waals surface area contributed by atoms with Crippen LogP contribution < -0.4 is 0 Å². The van der Waals surface area contributed by atoms with E-state index in [0.29, 0.717) is 6.42 Å². The first-order chi connectivity index (χ1) is 10.6. The Morgan fingerprint density at radius 1 is 1.09 bits per heavy atom. The third-order valence-corrected chi connectivity index (χ3v) is 3.33. The van der Waals surface area contributed by atoms with Crippen LogP contribution in [0.1, 0.15) is 87.0 Å². The van der Waals surface area contributed by atoms with Crippen molar-refractivity contribution >= 4 is 5.97 Å². The number of ether oxygens (including phenoxy) is 1. The number of unbranched alkanes of at least 4 members (excludes halogenated alkanes) is 2. The molecule has 1 atom stereocenters. The molecule has 23 heavy (non-hydrogen) atoms. The fraction of sp³-hybridized carbons (Fsp3) is 0.941. The third kappa shape index (κ3) is 14.2. The molecule has 0 rings (SSSR count). The zero-order valence-corrected chi connectivity index (χ0v) is 15.8. The molecule has 0 fully saturated rings. The van der Waals surface area contributed by atoms with Crippen molar-refractivity contribution in [3.8, 4) is 0 Å². The van der Waals surface area contributed by atoms with E-state index < -0.39 is 5.60 Å². The van der Waals surface area contributed by atoms with Crippen molar-refractivity contribution in [2.45, 2.75) is 104 Å². The Labute approximate surface area is 140 Å². The lowest BCUT2D eigenvalue weighted by Gasteiger charge is -2.19. The van der Waals surface area contributed by atoms with E-state index in [4.69, 9.17) is 14.6 Å². The SMILES string of the molecule is CCC(C)(C)N=NOOC(C)CCCCCC(=O)OC(C)(C)C. The van der Waals surface area contributed by atoms with Gasteiger partial charge in [-0.2, -0.15) is 9.88 Å². The lowest BCUT2D eigenvalue weighted by atomic mass is 10.0. The van der Waals surface area contributed by atoms with Crippen molar-refractivity contribution in [1.82, 2.24) is 0 Å². The molecule has 0 saturated heterocycles. The molecule has 0 spiro atoms. The zero-order chi connectivity index (χ0) is 17.9. The molecule has 0 aromatic carbocycles. The largest absolute Gasteiger partial charge is 0.460 e. The molecular formula is C17H34N2O4. The molecule has 0 amide bonds. The number of hydrogen-bond acceptors (Lipinski definition) is 6. The molecule has 136 valence electrons. The van der Waals surface area contributed by atoms with Crippen LogP contribution in [0.25, 0.3) is 0 Å². The second-order valence-electron chi connectivity index (χ2n) is 7.51. The van der Waals surface area contributed by atoms with Gasteiger partial charge in [0.25, 0.3) is 0 Å². The summed E-state index contributed by atoms with van der Waals surface area (Å²) >= 11 is 0. The highest BCUT2D eigenvalue weighted by Gasteiger charge is 2.16. The lowest BCUT2D eigenvalue weighted by Crippen LogP contribution is -2.23. The number of rotatable bonds is 11. The molecule has 0 radical (unpaired) electrons. The van der Waals surface area contributed by atoms with E-state index in [0.717, 1.165) is 32.1 Å². The molecule has 0 heterocycles. The number of carbonyl (C=O) groups is 1. The first-order valence-electron chi connectivity index (χ1n) is 8.52. The summed E-state index contributed by atoms with van der Waals surface area (Å²) in [5.41, 5.74) is -0.633. The molecule has 0 saturated carbocycles. The van der Waals surface area contributed by atoms with Crippen molar-refractivity contribution in [1.29, 1.82) is 0 Å². The molecule has 0 aliphatic carbocycles. The van der Waals surface area contributed by atoms with E-state index in [9.17, 15) is 4.79 Å². The van der Waals surface area contributed by atoms with E-state index in [1.807, 2.05) is 48.5 Å². The van der Waals surface area contributed by atoms with Crippen LogP contribution in [0, 0.1) is 0 Å². The molecule has 0 aliphatic rings. The van der Waals surface area contributed by atoms with Crippen molar-refractivity contribution in [2.75, 3.05) is 0 Å². The average Bonchev–Trinajstić information content (AvgIpc) is 2.41. The van der Waals surface area contributed by atoms with Gasteiger partial charge in [-0.15, -0.1) is 5.11 Å². The highest BCUT2D eigenvalue weighted by Crippen LogP contribution is 2.15. The third-order valence-electron chi connectivity index (χ3n) is 3.33. The number of esters is 1. The summed E-state index contributed by atoms with van der Waals surface area (Å²) in [5.74, 6) is -0.135. The van der Waals surface area contributed by atoms with Crippen LogP contribution in [-0.2, 0) is 19.4 Å². The monoisotopic (exact) mass is 330 g/mol. The Kier molecular flexibility index (Phi) is 10.0. The van der Waals surface area contributed by atoms with Gasteiger partial charge >= 0.3 is 5.97 Å². The highest BCUT2D eigenvalue weighted by molar-refractivity contribution is 5.69. The average molecular weight is 330 g/mol. The lowest BCUT2D eigenvalue weighted by molar-refractivity contribution is -0.330. The molecule has 1 unspecified atom stereocenters. The molecule has 0 aromatic rings. The minimum atomic E-state index is -0.405. The Morgan fingerprint density at radius 2 is 1.74 bits per heavy atom. The second-order valence-corrected chi connectivity index (χ2v) is 7.51. The van der Waals surface area contributed by atoms with Gasteiger partial charge in [0, 0.05) is 6.42 Å². The topological polar surface area (TPSA) is 69.5 Å². The van der Waals surface area contributed by atoms with Crippen LogP contribution in [0.15, 0.2) is 10.4 Å². The Hall–Kier alpha value is -1.17. The predicted molar refractivity (Wildman–Crippen MR) is 89.8 cm³/mol. The quantitative estimate of drug-likeness (QED) is 0.172. The summed E-state index contributed by atoms with van der Waals surface area (Å²) in [7, 11) is 0. The second kappa shape index (κ2) is 10.6. The summed E-state index contributed by atoms with van der Waals surface area (Å²) in [5, 5.41) is 7.63. The highest BCUT2D eigenvalue weighted by atomic mass is 17.3. The van der Waals surface area contributed by atoms with Crippen LogP contribution in [0.2, 0.25) is 0 Å². The van der Waals surface area contributed by atoms with Crippen LogP contribution in [0.4, 0.5) is 0 Å². The van der Waals surface area contributed by atoms with E-state index in [1.54, 1.807) is 0 Å². The van der Waals surface area contributed by atoms with E-state index >= 15 is 0 Å². The van der Waals surface area contributed by atoms with Gasteiger partial charge in [0.15, 0.2) is 0 Å². The van der Waals surface area contributed by atoms with Crippen molar-refractivity contribution in [3.63, 3.8) is 0 Å². The molecule has 0 bridgehead atoms. The molecule has 0 aromatic heterocycles. The maximum atomic E-state index is 11.5. The summed E-state index contributed by atoms with van der Waals surface area (Å²) < 4.78 is 5.26. The Morgan fingerprint density at radius 3 is 2.30 bits per heavy atom. The smallest absolute Gasteiger partial charge is 0.306 e. The van der Waals surface area contributed by atoms with Gasteiger partial charge in [-0.1, -0.05) is 19.8 Å². The van der Waals surface area contributed by atoms with Crippen molar-refractivity contribution < 1.29 is 19.4 Å². The summed E-state index contributed by atoms with van der Waals surface area (Å²) in [6.45, 7) is 13.6. The Bertz CT molecular complexity index is 362. The van der Waals surface area contributed by atoms with Gasteiger partial charge in [0.1, 0.15) is 11.7 Å². The number of carbonyl (C=O) groups excluding carboxylic acids is 1. The maximum Gasteiger partial charge on any atom is 0.306 e. The van der Waals surface area contributed by atoms with Gasteiger partial charge in [-0.3, -0.25) is 4.79 Å². The standard InChI is InChI=1S/C17H34N2O4/c1-8-17(6,7)18-19-23-22-14(2)12-10-9-11-13-15(20)21-16(3,4)5/h14H,8-13H2,1-7H3. The van der Waals surface area contributed by atoms with Crippen LogP contribution in [0.3, 0.4) is 0 Å². The first-order valence-corrected chi connectivity index (χ1v) is 8.52. The molecule has 0 N–H and O–H groups in total. The minimum absolute atomic E-state index is 0.0554. The van der Waals surface area contributed by atoms with Gasteiger partial charge < -0.3 is 4.74 Å². The maximum absolute atomic E-state index is 11.5. The minimum Gasteiger partial charge on any atom is -0.460 e. The number of hydrogen-bond donors (Lipinski definition) is 0. The van der Waals surface area contributed by atoms with Gasteiger partial charge in [0.2, 0.25) is 0 Å². The van der Waals surface area contributed by atoms with E-state index in [1.165, 1.54) is 0 Å². The zero-order valence-electron chi connectivity index (χ0n) is 15.8. The molecule has 6 heteroatoms. The predicted octanol–water partition coefficient (Wildman–Crippen LogP) is 5.17. The van der Waals surface area contributed by atoms with Crippen molar-refractivity contribution in [2.24, 2.45) is 10.4 Å². The molecule has 0 aliphatic heterocycles. The molecule has 6 nitrogen and oxygen atoms in total. The van der Waals surface area contributed by atoms with Crippen LogP contribution >= 0.6 is 0 Å².